The maximum atomic E-state index is 5.36. The van der Waals surface area contributed by atoms with E-state index in [4.69, 9.17) is 4.98 Å². The van der Waals surface area contributed by atoms with Crippen LogP contribution >= 0.6 is 0 Å². The largest absolute Gasteiger partial charge is 0.337 e. The van der Waals surface area contributed by atoms with Crippen LogP contribution in [0.3, 0.4) is 0 Å². The number of hydrogen-bond donors (Lipinski definition) is 0. The zero-order valence-electron chi connectivity index (χ0n) is 29.2. The highest BCUT2D eigenvalue weighted by molar-refractivity contribution is 7.09. The molecule has 5 aliphatic rings. The van der Waals surface area contributed by atoms with E-state index in [1.165, 1.54) is 57.5 Å². The summed E-state index contributed by atoms with van der Waals surface area (Å²) < 4.78 is 0. The molecular weight excluding hydrogens is 635 g/mol. The first-order valence-corrected chi connectivity index (χ1v) is 20.9. The minimum absolute atomic E-state index is 0.300. The molecular formula is C47H45N3Si. The molecule has 0 amide bonds. The number of nitrogens with zero attached hydrogens (tertiary/aromatic N) is 3. The molecule has 0 radical (unpaired) electrons. The van der Waals surface area contributed by atoms with Crippen LogP contribution in [0.15, 0.2) is 187 Å². The van der Waals surface area contributed by atoms with Gasteiger partial charge in [0.2, 0.25) is 0 Å². The average molecular weight is 680 g/mol. The molecule has 1 aromatic heterocycles. The second-order valence-corrected chi connectivity index (χ2v) is 18.5. The molecule has 0 N–H and O–H groups in total. The first kappa shape index (κ1) is 31.8. The molecule has 3 aromatic carbocycles. The lowest BCUT2D eigenvalue weighted by molar-refractivity contribution is 0.640. The molecule has 2 heterocycles. The van der Waals surface area contributed by atoms with Crippen molar-refractivity contribution in [1.82, 2.24) is 4.98 Å². The van der Waals surface area contributed by atoms with Gasteiger partial charge in [-0.3, -0.25) is 4.90 Å². The molecule has 0 saturated heterocycles. The van der Waals surface area contributed by atoms with E-state index in [2.05, 4.69) is 180 Å². The Morgan fingerprint density at radius 1 is 0.706 bits per heavy atom. The molecule has 0 saturated carbocycles. The van der Waals surface area contributed by atoms with Crippen molar-refractivity contribution in [3.05, 3.63) is 192 Å². The van der Waals surface area contributed by atoms with Crippen LogP contribution in [0.1, 0.15) is 56.4 Å². The van der Waals surface area contributed by atoms with Crippen molar-refractivity contribution in [1.29, 1.82) is 0 Å². The van der Waals surface area contributed by atoms with Crippen LogP contribution in [0, 0.1) is 0 Å². The Morgan fingerprint density at radius 2 is 1.55 bits per heavy atom. The lowest BCUT2D eigenvalue weighted by Gasteiger charge is -2.42. The topological polar surface area (TPSA) is 19.4 Å². The number of anilines is 3. The van der Waals surface area contributed by atoms with Gasteiger partial charge >= 0.3 is 0 Å². The molecule has 4 atom stereocenters. The molecule has 1 aliphatic heterocycles. The van der Waals surface area contributed by atoms with E-state index < -0.39 is 8.07 Å². The van der Waals surface area contributed by atoms with E-state index in [0.717, 1.165) is 37.2 Å². The summed E-state index contributed by atoms with van der Waals surface area (Å²) in [5, 5.41) is 4.28. The van der Waals surface area contributed by atoms with E-state index >= 15 is 0 Å². The lowest BCUT2D eigenvalue weighted by atomic mass is 9.91. The van der Waals surface area contributed by atoms with Gasteiger partial charge in [0.1, 0.15) is 5.82 Å². The molecule has 4 heteroatoms. The van der Waals surface area contributed by atoms with Crippen LogP contribution in [0.2, 0.25) is 5.54 Å². The van der Waals surface area contributed by atoms with Crippen LogP contribution in [-0.2, 0) is 0 Å². The van der Waals surface area contributed by atoms with Crippen molar-refractivity contribution in [3.8, 4) is 0 Å². The number of allylic oxidation sites excluding steroid dienone is 11. The van der Waals surface area contributed by atoms with Crippen LogP contribution in [0.5, 0.6) is 0 Å². The quantitative estimate of drug-likeness (QED) is 0.173. The van der Waals surface area contributed by atoms with Crippen molar-refractivity contribution >= 4 is 35.6 Å². The second kappa shape index (κ2) is 13.8. The van der Waals surface area contributed by atoms with Gasteiger partial charge in [0.25, 0.3) is 0 Å². The number of aromatic nitrogens is 1. The summed E-state index contributed by atoms with van der Waals surface area (Å²) in [6, 6.07) is 36.2. The number of pyridine rings is 1. The first-order chi connectivity index (χ1) is 25.3. The summed E-state index contributed by atoms with van der Waals surface area (Å²) in [4.78, 5) is 10.3. The van der Waals surface area contributed by atoms with Gasteiger partial charge in [-0.15, -0.1) is 0 Å². The van der Waals surface area contributed by atoms with Gasteiger partial charge in [-0.05, 0) is 96.8 Å². The molecule has 252 valence electrons. The lowest BCUT2D eigenvalue weighted by Crippen LogP contribution is -2.63. The van der Waals surface area contributed by atoms with E-state index in [9.17, 15) is 0 Å². The summed E-state index contributed by atoms with van der Waals surface area (Å²) in [5.74, 6) is 1.25. The Kier molecular flexibility index (Phi) is 8.62. The van der Waals surface area contributed by atoms with Gasteiger partial charge in [0.15, 0.2) is 8.07 Å². The summed E-state index contributed by atoms with van der Waals surface area (Å²) in [7, 11) is -2.67. The predicted molar refractivity (Wildman–Crippen MR) is 217 cm³/mol. The van der Waals surface area contributed by atoms with Crippen molar-refractivity contribution < 1.29 is 0 Å². The number of rotatable bonds is 8. The van der Waals surface area contributed by atoms with Crippen molar-refractivity contribution in [2.24, 2.45) is 0 Å². The van der Waals surface area contributed by atoms with E-state index in [1.807, 2.05) is 0 Å². The number of benzene rings is 3. The predicted octanol–water partition coefficient (Wildman–Crippen LogP) is 10.4. The smallest absolute Gasteiger partial charge is 0.156 e. The van der Waals surface area contributed by atoms with Crippen LogP contribution < -0.4 is 20.2 Å². The van der Waals surface area contributed by atoms with Crippen LogP contribution in [-0.4, -0.2) is 19.1 Å². The SMILES string of the molecule is C1=CCC([Si](C2=CC3c4ccccc4N(C4=CCCCC4)C3C=C2)(c2ccccc2)c2ccc(N(C3=CCCC=C3)c3ccccc3)nc2)C=C1. The number of para-hydroxylation sites is 2. The summed E-state index contributed by atoms with van der Waals surface area (Å²) in [6.07, 6.45) is 36.7. The fraction of sp³-hybridized carbons (Fsp3) is 0.213. The minimum atomic E-state index is -2.67. The van der Waals surface area contributed by atoms with Gasteiger partial charge in [-0.2, -0.15) is 0 Å². The highest BCUT2D eigenvalue weighted by Gasteiger charge is 2.49. The Labute approximate surface area is 304 Å². The highest BCUT2D eigenvalue weighted by atomic mass is 28.3. The number of hydrogen-bond acceptors (Lipinski definition) is 3. The highest BCUT2D eigenvalue weighted by Crippen LogP contribution is 2.49. The molecule has 4 aromatic rings. The fourth-order valence-electron chi connectivity index (χ4n) is 9.24. The fourth-order valence-corrected chi connectivity index (χ4v) is 14.5. The molecule has 9 rings (SSSR count). The van der Waals surface area contributed by atoms with E-state index in [1.54, 1.807) is 0 Å². The zero-order valence-corrected chi connectivity index (χ0v) is 30.2. The molecule has 0 spiro atoms. The average Bonchev–Trinajstić information content (AvgIpc) is 3.55. The zero-order chi connectivity index (χ0) is 34.0. The van der Waals surface area contributed by atoms with E-state index in [-0.39, 0.29) is 0 Å². The molecule has 0 bridgehead atoms. The Hall–Kier alpha value is -5.19. The Morgan fingerprint density at radius 3 is 2.29 bits per heavy atom. The maximum Gasteiger partial charge on any atom is 0.156 e. The number of fused-ring (bicyclic) bond motifs is 3. The van der Waals surface area contributed by atoms with Gasteiger partial charge in [-0.1, -0.05) is 139 Å². The Bertz CT molecular complexity index is 2100. The van der Waals surface area contributed by atoms with Crippen molar-refractivity contribution in [2.75, 3.05) is 9.80 Å². The first-order valence-electron chi connectivity index (χ1n) is 18.9. The van der Waals surface area contributed by atoms with Crippen LogP contribution in [0.25, 0.3) is 0 Å². The molecule has 4 aliphatic carbocycles. The van der Waals surface area contributed by atoms with Crippen LogP contribution in [0.4, 0.5) is 17.2 Å². The molecule has 3 nitrogen and oxygen atoms in total. The van der Waals surface area contributed by atoms with E-state index in [0.29, 0.717) is 17.5 Å². The van der Waals surface area contributed by atoms with Gasteiger partial charge in [-0.25, -0.2) is 4.98 Å². The normalized spacial score (nSPS) is 23.1. The summed E-state index contributed by atoms with van der Waals surface area (Å²) in [5.41, 5.74) is 7.00. The monoisotopic (exact) mass is 679 g/mol. The molecule has 51 heavy (non-hydrogen) atoms. The van der Waals surface area contributed by atoms with Gasteiger partial charge in [0.05, 0.1) is 6.04 Å². The van der Waals surface area contributed by atoms with Crippen molar-refractivity contribution in [3.63, 3.8) is 0 Å². The summed E-state index contributed by atoms with van der Waals surface area (Å²) in [6.45, 7) is 0. The third-order valence-corrected chi connectivity index (χ3v) is 16.8. The third kappa shape index (κ3) is 5.63. The van der Waals surface area contributed by atoms with Crippen molar-refractivity contribution in [2.45, 2.75) is 62.4 Å². The molecule has 0 fully saturated rings. The third-order valence-electron chi connectivity index (χ3n) is 11.5. The van der Waals surface area contributed by atoms with Gasteiger partial charge in [0, 0.05) is 34.9 Å². The summed E-state index contributed by atoms with van der Waals surface area (Å²) >= 11 is 0. The molecule has 4 unspecified atom stereocenters. The Balaban J connectivity index is 1.20. The minimum Gasteiger partial charge on any atom is -0.337 e. The maximum absolute atomic E-state index is 5.36. The second-order valence-electron chi connectivity index (χ2n) is 14.4. The standard InChI is InChI=1S/C47H45N3Si/c1-6-18-36(19-7-1)49(37-20-8-2-9-21-37)47-33-31-42(35-48-47)51(39-24-12-4-13-25-39,40-26-14-5-15-27-40)41-30-32-46-44(34-41)43-28-16-17-29-45(43)50(46)38-22-10-3-11-23-38/h1,4-8,12-22,24-26,28-35,40,44,46H,2-3,9-11,23,27H2. The van der Waals surface area contributed by atoms with Gasteiger partial charge < -0.3 is 4.90 Å².